The highest BCUT2D eigenvalue weighted by Crippen LogP contribution is 2.15. The van der Waals surface area contributed by atoms with E-state index in [9.17, 15) is 0 Å². The Hall–Kier alpha value is -1.33. The van der Waals surface area contributed by atoms with Crippen LogP contribution in [0.5, 0.6) is 0 Å². The van der Waals surface area contributed by atoms with E-state index < -0.39 is 5.54 Å². The summed E-state index contributed by atoms with van der Waals surface area (Å²) in [6, 6.07) is 10.8. The van der Waals surface area contributed by atoms with E-state index in [4.69, 9.17) is 5.26 Å². The van der Waals surface area contributed by atoms with Crippen molar-refractivity contribution < 1.29 is 0 Å². The van der Waals surface area contributed by atoms with Gasteiger partial charge in [-0.15, -0.1) is 0 Å². The maximum atomic E-state index is 8.88. The predicted molar refractivity (Wildman–Crippen MR) is 67.1 cm³/mol. The van der Waals surface area contributed by atoms with E-state index >= 15 is 0 Å². The van der Waals surface area contributed by atoms with Gasteiger partial charge in [-0.05, 0) is 30.9 Å². The van der Waals surface area contributed by atoms with Crippen LogP contribution in [0.2, 0.25) is 0 Å². The molecular weight excluding hydrogens is 196 g/mol. The average molecular weight is 216 g/mol. The quantitative estimate of drug-likeness (QED) is 0.839. The lowest BCUT2D eigenvalue weighted by Gasteiger charge is -2.17. The van der Waals surface area contributed by atoms with Crippen molar-refractivity contribution >= 4 is 0 Å². The van der Waals surface area contributed by atoms with Gasteiger partial charge in [0.1, 0.15) is 5.54 Å². The maximum absolute atomic E-state index is 8.88. The molecule has 1 aromatic rings. The van der Waals surface area contributed by atoms with Crippen molar-refractivity contribution in [2.24, 2.45) is 0 Å². The molecule has 0 aliphatic carbocycles. The predicted octanol–water partition coefficient (Wildman–Crippen LogP) is 3.20. The summed E-state index contributed by atoms with van der Waals surface area (Å²) in [4.78, 5) is 0. The Labute approximate surface area is 98.3 Å². The van der Waals surface area contributed by atoms with Gasteiger partial charge in [0, 0.05) is 6.54 Å². The summed E-state index contributed by atoms with van der Waals surface area (Å²) in [7, 11) is 0. The van der Waals surface area contributed by atoms with E-state index in [1.165, 1.54) is 11.1 Å². The molecule has 0 amide bonds. The first-order chi connectivity index (χ1) is 7.44. The number of nitrogens with one attached hydrogen (secondary N) is 1. The molecule has 1 rings (SSSR count). The molecule has 0 aromatic heterocycles. The molecule has 0 unspecified atom stereocenters. The van der Waals surface area contributed by atoms with Crippen molar-refractivity contribution in [3.05, 3.63) is 35.4 Å². The molecule has 0 bridgehead atoms. The van der Waals surface area contributed by atoms with Gasteiger partial charge >= 0.3 is 0 Å². The summed E-state index contributed by atoms with van der Waals surface area (Å²) < 4.78 is 0. The summed E-state index contributed by atoms with van der Waals surface area (Å²) in [5.41, 5.74) is 2.10. The number of nitriles is 1. The molecule has 0 aliphatic rings. The minimum atomic E-state index is -0.462. The van der Waals surface area contributed by atoms with Crippen LogP contribution >= 0.6 is 0 Å². The van der Waals surface area contributed by atoms with E-state index in [1.807, 2.05) is 13.8 Å². The molecular formula is C14H20N2. The summed E-state index contributed by atoms with van der Waals surface area (Å²) >= 11 is 0. The summed E-state index contributed by atoms with van der Waals surface area (Å²) in [5, 5.41) is 12.1. The van der Waals surface area contributed by atoms with Gasteiger partial charge in [-0.2, -0.15) is 5.26 Å². The third-order valence-corrected chi connectivity index (χ3v) is 2.66. The number of hydrogen-bond donors (Lipinski definition) is 1. The zero-order chi connectivity index (χ0) is 12.2. The number of nitrogens with zero attached hydrogens (tertiary/aromatic N) is 1. The van der Waals surface area contributed by atoms with Crippen molar-refractivity contribution in [1.82, 2.24) is 5.32 Å². The van der Waals surface area contributed by atoms with Crippen molar-refractivity contribution in [3.63, 3.8) is 0 Å². The summed E-state index contributed by atoms with van der Waals surface area (Å²) in [6.45, 7) is 8.88. The van der Waals surface area contributed by atoms with Crippen molar-refractivity contribution in [1.29, 1.82) is 5.26 Å². The van der Waals surface area contributed by atoms with Crippen LogP contribution in [0, 0.1) is 11.3 Å². The van der Waals surface area contributed by atoms with Crippen LogP contribution in [0.4, 0.5) is 0 Å². The summed E-state index contributed by atoms with van der Waals surface area (Å²) in [6.07, 6.45) is 0. The minimum absolute atomic E-state index is 0.462. The molecule has 0 fully saturated rings. The fourth-order valence-corrected chi connectivity index (χ4v) is 1.38. The van der Waals surface area contributed by atoms with Gasteiger partial charge in [0.25, 0.3) is 0 Å². The lowest BCUT2D eigenvalue weighted by molar-refractivity contribution is 0.485. The lowest BCUT2D eigenvalue weighted by Crippen LogP contribution is -2.36. The molecule has 0 radical (unpaired) electrons. The van der Waals surface area contributed by atoms with E-state index in [-0.39, 0.29) is 0 Å². The molecule has 0 spiro atoms. The number of hydrogen-bond acceptors (Lipinski definition) is 2. The summed E-state index contributed by atoms with van der Waals surface area (Å²) in [5.74, 6) is 0.567. The van der Waals surface area contributed by atoms with Gasteiger partial charge in [0.2, 0.25) is 0 Å². The van der Waals surface area contributed by atoms with E-state index in [1.54, 1.807) is 0 Å². The Morgan fingerprint density at radius 1 is 1.25 bits per heavy atom. The van der Waals surface area contributed by atoms with Gasteiger partial charge in [0.15, 0.2) is 0 Å². The van der Waals surface area contributed by atoms with Gasteiger partial charge in [-0.1, -0.05) is 38.1 Å². The van der Waals surface area contributed by atoms with E-state index in [0.29, 0.717) is 5.92 Å². The highest BCUT2D eigenvalue weighted by molar-refractivity contribution is 5.24. The minimum Gasteiger partial charge on any atom is -0.296 e. The molecule has 0 saturated carbocycles. The van der Waals surface area contributed by atoms with Crippen LogP contribution in [0.1, 0.15) is 44.7 Å². The molecule has 0 atom stereocenters. The zero-order valence-corrected chi connectivity index (χ0v) is 10.5. The second kappa shape index (κ2) is 5.14. The van der Waals surface area contributed by atoms with Crippen LogP contribution in [-0.2, 0) is 6.54 Å². The van der Waals surface area contributed by atoms with Crippen LogP contribution in [0.15, 0.2) is 24.3 Å². The molecule has 2 heteroatoms. The monoisotopic (exact) mass is 216 g/mol. The van der Waals surface area contributed by atoms with Crippen LogP contribution in [0.3, 0.4) is 0 Å². The van der Waals surface area contributed by atoms with E-state index in [0.717, 1.165) is 6.54 Å². The third-order valence-electron chi connectivity index (χ3n) is 2.66. The Morgan fingerprint density at radius 3 is 2.25 bits per heavy atom. The fraction of sp³-hybridized carbons (Fsp3) is 0.500. The fourth-order valence-electron chi connectivity index (χ4n) is 1.38. The van der Waals surface area contributed by atoms with Gasteiger partial charge < -0.3 is 0 Å². The smallest absolute Gasteiger partial charge is 0.101 e. The normalized spacial score (nSPS) is 11.5. The lowest BCUT2D eigenvalue weighted by atomic mass is 10.0. The first-order valence-electron chi connectivity index (χ1n) is 5.70. The molecule has 16 heavy (non-hydrogen) atoms. The first-order valence-corrected chi connectivity index (χ1v) is 5.70. The Kier molecular flexibility index (Phi) is 4.09. The van der Waals surface area contributed by atoms with Crippen molar-refractivity contribution in [2.45, 2.75) is 45.7 Å². The first kappa shape index (κ1) is 12.7. The zero-order valence-electron chi connectivity index (χ0n) is 10.5. The second-order valence-electron chi connectivity index (χ2n) is 4.99. The molecule has 2 nitrogen and oxygen atoms in total. The maximum Gasteiger partial charge on any atom is 0.101 e. The van der Waals surface area contributed by atoms with Crippen molar-refractivity contribution in [2.75, 3.05) is 0 Å². The number of benzene rings is 1. The van der Waals surface area contributed by atoms with Gasteiger partial charge in [0.05, 0.1) is 6.07 Å². The Morgan fingerprint density at radius 2 is 1.81 bits per heavy atom. The molecule has 0 aliphatic heterocycles. The van der Waals surface area contributed by atoms with Crippen LogP contribution < -0.4 is 5.32 Å². The Bertz CT molecular complexity index is 369. The Balaban J connectivity index is 2.60. The molecule has 0 saturated heterocycles. The molecule has 0 heterocycles. The molecule has 1 aromatic carbocycles. The topological polar surface area (TPSA) is 35.8 Å². The second-order valence-corrected chi connectivity index (χ2v) is 4.99. The standard InChI is InChI=1S/C14H20N2/c1-11(2)13-7-5-12(6-8-13)9-16-14(3,4)10-15/h5-8,11,16H,9H2,1-4H3. The van der Waals surface area contributed by atoms with Gasteiger partial charge in [-0.3, -0.25) is 5.32 Å². The third kappa shape index (κ3) is 3.67. The SMILES string of the molecule is CC(C)c1ccc(CNC(C)(C)C#N)cc1. The molecule has 1 N–H and O–H groups in total. The molecule has 86 valence electrons. The average Bonchev–Trinajstić information content (AvgIpc) is 2.27. The van der Waals surface area contributed by atoms with Gasteiger partial charge in [-0.25, -0.2) is 0 Å². The van der Waals surface area contributed by atoms with E-state index in [2.05, 4.69) is 49.5 Å². The van der Waals surface area contributed by atoms with Crippen LogP contribution in [0.25, 0.3) is 0 Å². The van der Waals surface area contributed by atoms with Crippen LogP contribution in [-0.4, -0.2) is 5.54 Å². The number of rotatable bonds is 4. The highest BCUT2D eigenvalue weighted by Gasteiger charge is 2.14. The van der Waals surface area contributed by atoms with Crippen molar-refractivity contribution in [3.8, 4) is 6.07 Å². The largest absolute Gasteiger partial charge is 0.296 e. The highest BCUT2D eigenvalue weighted by atomic mass is 14.9.